The molecule has 0 atom stereocenters. The van der Waals surface area contributed by atoms with Gasteiger partial charge in [-0.3, -0.25) is 10.2 Å². The number of nitrogens with zero attached hydrogens (tertiary/aromatic N) is 3. The Kier molecular flexibility index (Phi) is 7.47. The summed E-state index contributed by atoms with van der Waals surface area (Å²) in [6, 6.07) is 7.50. The second-order valence-corrected chi connectivity index (χ2v) is 6.08. The van der Waals surface area contributed by atoms with E-state index in [1.54, 1.807) is 12.1 Å². The number of amidine groups is 1. The van der Waals surface area contributed by atoms with Crippen molar-refractivity contribution in [3.05, 3.63) is 36.1 Å². The number of alkyl halides is 3. The van der Waals surface area contributed by atoms with Gasteiger partial charge >= 0.3 is 12.3 Å². The van der Waals surface area contributed by atoms with E-state index in [1.807, 2.05) is 9.80 Å². The van der Waals surface area contributed by atoms with Crippen LogP contribution in [0.15, 0.2) is 34.9 Å². The molecule has 30 heavy (non-hydrogen) atoms. The average molecular weight is 430 g/mol. The number of nitrogens with two attached hydrogens (primary N) is 2. The van der Waals surface area contributed by atoms with Crippen molar-refractivity contribution in [2.75, 3.05) is 42.5 Å². The van der Waals surface area contributed by atoms with Crippen molar-refractivity contribution in [1.29, 1.82) is 5.41 Å². The standard InChI is InChI=1S/C15H16F3N5O2.C2H5NO2/c16-15(17,18)24-11-3-1-2-10(8-11)22-4-6-23(7-5-22)13-9-12(14(19)20)25-21-13;3-1-2(4)5/h1-3,8-9H,4-7H2,(H3,19,20);1,3H2,(H,4,5). The molecular formula is C17H21F3N6O4. The number of halogens is 3. The van der Waals surface area contributed by atoms with Crippen LogP contribution in [0.25, 0.3) is 0 Å². The minimum atomic E-state index is -4.71. The van der Waals surface area contributed by atoms with Crippen LogP contribution in [0.1, 0.15) is 5.76 Å². The Bertz CT molecular complexity index is 865. The number of carboxylic acids is 1. The van der Waals surface area contributed by atoms with Gasteiger partial charge in [-0.15, -0.1) is 13.2 Å². The number of anilines is 2. The zero-order valence-electron chi connectivity index (χ0n) is 15.7. The molecule has 1 aliphatic rings. The van der Waals surface area contributed by atoms with Crippen LogP contribution in [0.2, 0.25) is 0 Å². The summed E-state index contributed by atoms with van der Waals surface area (Å²) in [6.45, 7) is 2.12. The minimum absolute atomic E-state index is 0.195. The summed E-state index contributed by atoms with van der Waals surface area (Å²) in [5, 5.41) is 18.8. The van der Waals surface area contributed by atoms with E-state index >= 15 is 0 Å². The van der Waals surface area contributed by atoms with Gasteiger partial charge in [0.05, 0.1) is 6.54 Å². The highest BCUT2D eigenvalue weighted by Gasteiger charge is 2.31. The largest absolute Gasteiger partial charge is 0.573 e. The lowest BCUT2D eigenvalue weighted by atomic mass is 10.2. The third kappa shape index (κ3) is 6.84. The number of hydrogen-bond acceptors (Lipinski definition) is 8. The maximum Gasteiger partial charge on any atom is 0.573 e. The smallest absolute Gasteiger partial charge is 0.480 e. The fraction of sp³-hybridized carbons (Fsp3) is 0.353. The molecule has 13 heteroatoms. The lowest BCUT2D eigenvalue weighted by Gasteiger charge is -2.36. The van der Waals surface area contributed by atoms with Crippen LogP contribution < -0.4 is 26.0 Å². The molecule has 0 unspecified atom stereocenters. The van der Waals surface area contributed by atoms with Crippen LogP contribution in [0.5, 0.6) is 5.75 Å². The summed E-state index contributed by atoms with van der Waals surface area (Å²) >= 11 is 0. The summed E-state index contributed by atoms with van der Waals surface area (Å²) in [5.74, 6) is -0.618. The number of rotatable bonds is 5. The van der Waals surface area contributed by atoms with Gasteiger partial charge in [-0.05, 0) is 12.1 Å². The molecule has 1 fully saturated rings. The maximum absolute atomic E-state index is 12.3. The van der Waals surface area contributed by atoms with Crippen LogP contribution in [0.4, 0.5) is 24.7 Å². The first kappa shape index (κ1) is 22.8. The molecule has 1 saturated heterocycles. The Balaban J connectivity index is 0.000000575. The molecule has 2 heterocycles. The number of carboxylic acid groups (broad SMARTS) is 1. The van der Waals surface area contributed by atoms with Crippen molar-refractivity contribution in [2.45, 2.75) is 6.36 Å². The van der Waals surface area contributed by atoms with Gasteiger partial charge in [-0.1, -0.05) is 11.2 Å². The summed E-state index contributed by atoms with van der Waals surface area (Å²) in [7, 11) is 0. The molecule has 1 aromatic carbocycles. The fourth-order valence-corrected chi connectivity index (χ4v) is 2.61. The van der Waals surface area contributed by atoms with Gasteiger partial charge in [0, 0.05) is 44.0 Å². The highest BCUT2D eigenvalue weighted by atomic mass is 19.4. The third-order valence-corrected chi connectivity index (χ3v) is 3.96. The van der Waals surface area contributed by atoms with Crippen molar-refractivity contribution in [3.63, 3.8) is 0 Å². The Morgan fingerprint density at radius 3 is 2.33 bits per heavy atom. The molecule has 0 bridgehead atoms. The lowest BCUT2D eigenvalue weighted by molar-refractivity contribution is -0.274. The quantitative estimate of drug-likeness (QED) is 0.405. The van der Waals surface area contributed by atoms with Crippen LogP contribution in [0.3, 0.4) is 0 Å². The highest BCUT2D eigenvalue weighted by molar-refractivity contribution is 5.92. The van der Waals surface area contributed by atoms with Crippen LogP contribution >= 0.6 is 0 Å². The molecule has 3 rings (SSSR count). The molecule has 0 radical (unpaired) electrons. The van der Waals surface area contributed by atoms with Crippen molar-refractivity contribution >= 4 is 23.3 Å². The predicted octanol–water partition coefficient (Wildman–Crippen LogP) is 1.21. The van der Waals surface area contributed by atoms with Gasteiger partial charge in [0.25, 0.3) is 0 Å². The number of hydrogen-bond donors (Lipinski definition) is 4. The molecule has 0 saturated carbocycles. The normalized spacial score (nSPS) is 14.0. The molecule has 0 spiro atoms. The second-order valence-electron chi connectivity index (χ2n) is 6.08. The minimum Gasteiger partial charge on any atom is -0.480 e. The number of piperazine rings is 1. The van der Waals surface area contributed by atoms with Crippen LogP contribution in [-0.2, 0) is 4.79 Å². The van der Waals surface area contributed by atoms with Crippen LogP contribution in [-0.4, -0.2) is 61.2 Å². The lowest BCUT2D eigenvalue weighted by Crippen LogP contribution is -2.46. The summed E-state index contributed by atoms with van der Waals surface area (Å²) in [4.78, 5) is 13.2. The molecule has 10 nitrogen and oxygen atoms in total. The molecule has 1 aliphatic heterocycles. The molecule has 0 aliphatic carbocycles. The molecular weight excluding hydrogens is 409 g/mol. The van der Waals surface area contributed by atoms with E-state index in [0.717, 1.165) is 0 Å². The van der Waals surface area contributed by atoms with E-state index in [2.05, 4.69) is 15.6 Å². The number of nitrogens with one attached hydrogen (secondary N) is 1. The average Bonchev–Trinajstić information content (AvgIpc) is 3.18. The van der Waals surface area contributed by atoms with Crippen LogP contribution in [0, 0.1) is 5.41 Å². The zero-order valence-corrected chi connectivity index (χ0v) is 15.7. The van der Waals surface area contributed by atoms with E-state index < -0.39 is 12.3 Å². The zero-order chi connectivity index (χ0) is 22.3. The molecule has 2 aromatic rings. The Labute approximate surface area is 169 Å². The number of carbonyl (C=O) groups is 1. The van der Waals surface area contributed by atoms with Crippen molar-refractivity contribution < 1.29 is 32.3 Å². The van der Waals surface area contributed by atoms with Gasteiger partial charge in [-0.2, -0.15) is 0 Å². The number of ether oxygens (including phenoxy) is 1. The van der Waals surface area contributed by atoms with E-state index in [9.17, 15) is 18.0 Å². The second kappa shape index (κ2) is 9.82. The number of nitrogen functional groups attached to an aromatic ring is 1. The van der Waals surface area contributed by atoms with Gasteiger partial charge in [0.2, 0.25) is 5.76 Å². The van der Waals surface area contributed by atoms with Gasteiger partial charge in [0.1, 0.15) is 5.75 Å². The molecule has 6 N–H and O–H groups in total. The first-order valence-corrected chi connectivity index (χ1v) is 8.67. The third-order valence-electron chi connectivity index (χ3n) is 3.96. The first-order valence-electron chi connectivity index (χ1n) is 8.67. The monoisotopic (exact) mass is 430 g/mol. The van der Waals surface area contributed by atoms with E-state index in [-0.39, 0.29) is 23.9 Å². The summed E-state index contributed by atoms with van der Waals surface area (Å²) in [5.41, 5.74) is 10.6. The Morgan fingerprint density at radius 2 is 1.83 bits per heavy atom. The van der Waals surface area contributed by atoms with Crippen molar-refractivity contribution in [1.82, 2.24) is 5.16 Å². The SMILES string of the molecule is N=C(N)c1cc(N2CCN(c3cccc(OC(F)(F)F)c3)CC2)no1.NCC(=O)O. The van der Waals surface area contributed by atoms with E-state index in [4.69, 9.17) is 20.8 Å². The molecule has 164 valence electrons. The fourth-order valence-electron chi connectivity index (χ4n) is 2.61. The number of aromatic nitrogens is 1. The summed E-state index contributed by atoms with van der Waals surface area (Å²) in [6.07, 6.45) is -4.71. The van der Waals surface area contributed by atoms with Gasteiger partial charge in [0.15, 0.2) is 11.7 Å². The Morgan fingerprint density at radius 1 is 1.23 bits per heavy atom. The van der Waals surface area contributed by atoms with Crippen molar-refractivity contribution in [3.8, 4) is 5.75 Å². The Hall–Kier alpha value is -3.48. The van der Waals surface area contributed by atoms with Gasteiger partial charge < -0.3 is 35.6 Å². The topological polar surface area (TPSA) is 155 Å². The first-order chi connectivity index (χ1) is 14.1. The molecule has 1 aromatic heterocycles. The van der Waals surface area contributed by atoms with E-state index in [1.165, 1.54) is 18.2 Å². The highest BCUT2D eigenvalue weighted by Crippen LogP contribution is 2.28. The molecule has 0 amide bonds. The predicted molar refractivity (Wildman–Crippen MR) is 102 cm³/mol. The van der Waals surface area contributed by atoms with Gasteiger partial charge in [-0.25, -0.2) is 0 Å². The number of benzene rings is 1. The van der Waals surface area contributed by atoms with E-state index in [0.29, 0.717) is 37.7 Å². The maximum atomic E-state index is 12.3. The number of aliphatic carboxylic acids is 1. The summed E-state index contributed by atoms with van der Waals surface area (Å²) < 4.78 is 45.9. The van der Waals surface area contributed by atoms with Crippen molar-refractivity contribution in [2.24, 2.45) is 11.5 Å².